The molecule has 0 bridgehead atoms. The van der Waals surface area contributed by atoms with Crippen molar-refractivity contribution in [2.45, 2.75) is 38.3 Å². The van der Waals surface area contributed by atoms with E-state index in [2.05, 4.69) is 0 Å². The van der Waals surface area contributed by atoms with Crippen LogP contribution in [0.15, 0.2) is 12.1 Å². The zero-order chi connectivity index (χ0) is 15.9. The van der Waals surface area contributed by atoms with Crippen LogP contribution in [-0.4, -0.2) is 47.5 Å². The Hall–Kier alpha value is -1.30. The highest BCUT2D eigenvalue weighted by Crippen LogP contribution is 2.41. The van der Waals surface area contributed by atoms with Gasteiger partial charge in [0.25, 0.3) is 0 Å². The molecule has 1 N–H and O–H groups in total. The maximum Gasteiger partial charge on any atom is 0.248 e. The summed E-state index contributed by atoms with van der Waals surface area (Å²) < 4.78 is 5.45. The van der Waals surface area contributed by atoms with Gasteiger partial charge in [-0.15, -0.1) is 0 Å². The van der Waals surface area contributed by atoms with E-state index < -0.39 is 12.1 Å². The van der Waals surface area contributed by atoms with E-state index in [-0.39, 0.29) is 5.91 Å². The first-order valence-electron chi connectivity index (χ1n) is 7.70. The quantitative estimate of drug-likeness (QED) is 0.926. The monoisotopic (exact) mass is 324 g/mol. The van der Waals surface area contributed by atoms with Gasteiger partial charge in [-0.3, -0.25) is 9.80 Å². The highest BCUT2D eigenvalue weighted by molar-refractivity contribution is 6.30. The Labute approximate surface area is 135 Å². The van der Waals surface area contributed by atoms with Gasteiger partial charge in [0.1, 0.15) is 17.9 Å². The van der Waals surface area contributed by atoms with Crippen LogP contribution < -0.4 is 4.74 Å². The molecule has 0 spiro atoms. The number of methoxy groups -OCH3 is 1. The smallest absolute Gasteiger partial charge is 0.248 e. The van der Waals surface area contributed by atoms with E-state index in [0.29, 0.717) is 23.9 Å². The number of rotatable bonds is 3. The van der Waals surface area contributed by atoms with E-state index in [1.807, 2.05) is 13.0 Å². The van der Waals surface area contributed by atoms with E-state index in [9.17, 15) is 9.90 Å². The number of amides is 1. The molecule has 2 saturated heterocycles. The van der Waals surface area contributed by atoms with Gasteiger partial charge in [0, 0.05) is 23.7 Å². The number of aryl methyl sites for hydroxylation is 1. The zero-order valence-electron chi connectivity index (χ0n) is 12.9. The van der Waals surface area contributed by atoms with Crippen LogP contribution in [0.2, 0.25) is 5.02 Å². The lowest BCUT2D eigenvalue weighted by Crippen LogP contribution is -2.46. The first-order chi connectivity index (χ1) is 10.6. The van der Waals surface area contributed by atoms with Crippen LogP contribution in [0, 0.1) is 0 Å². The number of halogens is 1. The van der Waals surface area contributed by atoms with Gasteiger partial charge in [-0.05, 0) is 37.0 Å². The first-order valence-corrected chi connectivity index (χ1v) is 8.08. The van der Waals surface area contributed by atoms with E-state index >= 15 is 0 Å². The molecule has 5 nitrogen and oxygen atoms in total. The number of fused-ring (bicyclic) bond motifs is 1. The van der Waals surface area contributed by atoms with Gasteiger partial charge in [-0.25, -0.2) is 0 Å². The molecule has 2 aliphatic rings. The lowest BCUT2D eigenvalue weighted by atomic mass is 9.90. The number of carbonyl (C=O) groups is 1. The van der Waals surface area contributed by atoms with Crippen molar-refractivity contribution >= 4 is 17.5 Å². The number of aliphatic hydroxyl groups excluding tert-OH is 1. The van der Waals surface area contributed by atoms with Gasteiger partial charge in [0.05, 0.1) is 7.11 Å². The fourth-order valence-electron chi connectivity index (χ4n) is 3.49. The second kappa shape index (κ2) is 6.07. The van der Waals surface area contributed by atoms with Crippen molar-refractivity contribution in [1.82, 2.24) is 10.0 Å². The highest BCUT2D eigenvalue weighted by atomic mass is 35.5. The summed E-state index contributed by atoms with van der Waals surface area (Å²) in [6.45, 7) is 3.39. The molecule has 0 aromatic heterocycles. The summed E-state index contributed by atoms with van der Waals surface area (Å²) in [5.41, 5.74) is 1.71. The number of hydrogen-bond acceptors (Lipinski definition) is 4. The van der Waals surface area contributed by atoms with Gasteiger partial charge in [0.2, 0.25) is 5.91 Å². The van der Waals surface area contributed by atoms with E-state index in [0.717, 1.165) is 30.4 Å². The molecule has 6 heteroatoms. The number of hydrogen-bond donors (Lipinski definition) is 1. The van der Waals surface area contributed by atoms with Gasteiger partial charge >= 0.3 is 0 Å². The van der Waals surface area contributed by atoms with Crippen LogP contribution in [0.25, 0.3) is 0 Å². The van der Waals surface area contributed by atoms with Crippen LogP contribution >= 0.6 is 11.6 Å². The van der Waals surface area contributed by atoms with Crippen LogP contribution in [0.5, 0.6) is 5.75 Å². The molecule has 0 radical (unpaired) electrons. The molecule has 2 aliphatic heterocycles. The number of carbonyl (C=O) groups excluding carboxylic acids is 1. The normalized spacial score (nSPS) is 25.5. The number of nitrogens with zero attached hydrogens (tertiary/aromatic N) is 2. The van der Waals surface area contributed by atoms with Crippen molar-refractivity contribution in [3.05, 3.63) is 28.3 Å². The fraction of sp³-hybridized carbons (Fsp3) is 0.562. The summed E-state index contributed by atoms with van der Waals surface area (Å²) in [5, 5.41) is 14.7. The standard InChI is InChI=1S/C16H21ClN2O3/c1-3-10-8-11(17)9-12(22-2)13(10)14-15(20)18-6-4-5-7-19(18)16(14)21/h8-9,14-15,20H,3-7H2,1-2H3. The second-order valence-electron chi connectivity index (χ2n) is 5.76. The Bertz CT molecular complexity index is 568. The maximum absolute atomic E-state index is 12.8. The third-order valence-corrected chi connectivity index (χ3v) is 4.76. The summed E-state index contributed by atoms with van der Waals surface area (Å²) in [6.07, 6.45) is 1.85. The topological polar surface area (TPSA) is 53.0 Å². The molecule has 1 aromatic rings. The molecule has 0 aliphatic carbocycles. The number of benzene rings is 1. The lowest BCUT2D eigenvalue weighted by molar-refractivity contribution is -0.148. The summed E-state index contributed by atoms with van der Waals surface area (Å²) >= 11 is 6.13. The minimum atomic E-state index is -0.840. The van der Waals surface area contributed by atoms with Gasteiger partial charge in [0.15, 0.2) is 0 Å². The molecule has 1 amide bonds. The largest absolute Gasteiger partial charge is 0.496 e. The van der Waals surface area contributed by atoms with Crippen molar-refractivity contribution < 1.29 is 14.6 Å². The fourth-order valence-corrected chi connectivity index (χ4v) is 3.72. The predicted molar refractivity (Wildman–Crippen MR) is 83.8 cm³/mol. The van der Waals surface area contributed by atoms with Crippen LogP contribution in [0.1, 0.15) is 36.8 Å². The SMILES string of the molecule is CCc1cc(Cl)cc(OC)c1C1C(=O)N2CCCCN2C1O. The Kier molecular flexibility index (Phi) is 4.30. The molecular weight excluding hydrogens is 304 g/mol. The molecule has 22 heavy (non-hydrogen) atoms. The highest BCUT2D eigenvalue weighted by Gasteiger charge is 2.48. The summed E-state index contributed by atoms with van der Waals surface area (Å²) in [5.74, 6) is -0.0920. The Morgan fingerprint density at radius 1 is 1.36 bits per heavy atom. The van der Waals surface area contributed by atoms with E-state index in [4.69, 9.17) is 16.3 Å². The molecular formula is C16H21ClN2O3. The van der Waals surface area contributed by atoms with Crippen LogP contribution in [0.3, 0.4) is 0 Å². The van der Waals surface area contributed by atoms with Crippen molar-refractivity contribution in [2.24, 2.45) is 0 Å². The second-order valence-corrected chi connectivity index (χ2v) is 6.19. The molecule has 120 valence electrons. The van der Waals surface area contributed by atoms with Crippen LogP contribution in [-0.2, 0) is 11.2 Å². The molecule has 0 saturated carbocycles. The third-order valence-electron chi connectivity index (χ3n) is 4.55. The Morgan fingerprint density at radius 2 is 2.09 bits per heavy atom. The van der Waals surface area contributed by atoms with Gasteiger partial charge in [-0.1, -0.05) is 18.5 Å². The van der Waals surface area contributed by atoms with E-state index in [1.165, 1.54) is 0 Å². The van der Waals surface area contributed by atoms with E-state index in [1.54, 1.807) is 23.2 Å². The molecule has 3 rings (SSSR count). The molecule has 2 atom stereocenters. The van der Waals surface area contributed by atoms with Crippen molar-refractivity contribution in [3.8, 4) is 5.75 Å². The number of ether oxygens (including phenoxy) is 1. The Morgan fingerprint density at radius 3 is 2.73 bits per heavy atom. The molecule has 2 fully saturated rings. The third kappa shape index (κ3) is 2.37. The van der Waals surface area contributed by atoms with Gasteiger partial charge < -0.3 is 9.84 Å². The summed E-state index contributed by atoms with van der Waals surface area (Å²) in [4.78, 5) is 12.8. The molecule has 2 heterocycles. The Balaban J connectivity index is 2.08. The first kappa shape index (κ1) is 15.6. The average molecular weight is 325 g/mol. The van der Waals surface area contributed by atoms with Crippen molar-refractivity contribution in [2.75, 3.05) is 20.2 Å². The van der Waals surface area contributed by atoms with Crippen molar-refractivity contribution in [3.63, 3.8) is 0 Å². The molecule has 2 unspecified atom stereocenters. The maximum atomic E-state index is 12.8. The lowest BCUT2D eigenvalue weighted by Gasteiger charge is -2.33. The average Bonchev–Trinajstić information content (AvgIpc) is 2.78. The minimum Gasteiger partial charge on any atom is -0.496 e. The summed E-state index contributed by atoms with van der Waals surface area (Å²) in [6, 6.07) is 3.56. The van der Waals surface area contributed by atoms with Crippen molar-refractivity contribution in [1.29, 1.82) is 0 Å². The predicted octanol–water partition coefficient (Wildman–Crippen LogP) is 2.17. The zero-order valence-corrected chi connectivity index (χ0v) is 13.6. The van der Waals surface area contributed by atoms with Crippen LogP contribution in [0.4, 0.5) is 0 Å². The number of aliphatic hydroxyl groups is 1. The van der Waals surface area contributed by atoms with Gasteiger partial charge in [-0.2, -0.15) is 5.01 Å². The summed E-state index contributed by atoms with van der Waals surface area (Å²) in [7, 11) is 1.56. The number of hydrazine groups is 1. The molecule has 1 aromatic carbocycles. The minimum absolute atomic E-state index is 0.0532.